The van der Waals surface area contributed by atoms with Gasteiger partial charge in [-0.2, -0.15) is 4.31 Å². The van der Waals surface area contributed by atoms with Gasteiger partial charge >= 0.3 is 5.97 Å². The maximum atomic E-state index is 12.7. The second-order valence-corrected chi connectivity index (χ2v) is 8.60. The van der Waals surface area contributed by atoms with Gasteiger partial charge in [0.2, 0.25) is 10.0 Å². The summed E-state index contributed by atoms with van der Waals surface area (Å²) in [4.78, 5) is 11.1. The zero-order chi connectivity index (χ0) is 15.8. The van der Waals surface area contributed by atoms with Crippen LogP contribution in [0.25, 0.3) is 0 Å². The Morgan fingerprint density at radius 2 is 1.81 bits per heavy atom. The molecule has 1 saturated heterocycles. The Labute approximate surface area is 133 Å². The lowest BCUT2D eigenvalue weighted by Gasteiger charge is -2.34. The van der Waals surface area contributed by atoms with Crippen LogP contribution < -0.4 is 0 Å². The minimum absolute atomic E-state index is 0.0237. The van der Waals surface area contributed by atoms with Crippen LogP contribution in [0.15, 0.2) is 27.6 Å². The molecule has 1 aromatic rings. The van der Waals surface area contributed by atoms with Gasteiger partial charge in [-0.15, -0.1) is 0 Å². The van der Waals surface area contributed by atoms with E-state index in [1.165, 1.54) is 22.5 Å². The predicted molar refractivity (Wildman–Crippen MR) is 82.8 cm³/mol. The highest BCUT2D eigenvalue weighted by Gasteiger charge is 2.32. The molecule has 0 aromatic heterocycles. The molecule has 0 saturated carbocycles. The van der Waals surface area contributed by atoms with Crippen molar-refractivity contribution < 1.29 is 18.3 Å². The average molecular weight is 376 g/mol. The van der Waals surface area contributed by atoms with Crippen molar-refractivity contribution in [2.75, 3.05) is 13.1 Å². The third kappa shape index (κ3) is 3.64. The third-order valence-electron chi connectivity index (χ3n) is 3.59. The van der Waals surface area contributed by atoms with E-state index in [1.807, 2.05) is 13.8 Å². The van der Waals surface area contributed by atoms with Gasteiger partial charge in [0.25, 0.3) is 0 Å². The quantitative estimate of drug-likeness (QED) is 0.880. The van der Waals surface area contributed by atoms with Gasteiger partial charge in [-0.25, -0.2) is 13.2 Å². The normalized spacial score (nSPS) is 24.0. The number of nitrogens with zero attached hydrogens (tertiary/aromatic N) is 1. The summed E-state index contributed by atoms with van der Waals surface area (Å²) in [5, 5.41) is 9.06. The first-order chi connectivity index (χ1) is 9.70. The highest BCUT2D eigenvalue weighted by Crippen LogP contribution is 2.28. The van der Waals surface area contributed by atoms with Gasteiger partial charge in [-0.1, -0.05) is 29.8 Å². The largest absolute Gasteiger partial charge is 0.478 e. The molecule has 5 nitrogen and oxygen atoms in total. The number of halogens is 1. The lowest BCUT2D eigenvalue weighted by atomic mass is 9.94. The van der Waals surface area contributed by atoms with Crippen molar-refractivity contribution >= 4 is 31.9 Å². The van der Waals surface area contributed by atoms with Gasteiger partial charge in [0.1, 0.15) is 0 Å². The molecular formula is C14H18BrNO4S. The van der Waals surface area contributed by atoms with E-state index in [2.05, 4.69) is 15.9 Å². The van der Waals surface area contributed by atoms with Gasteiger partial charge < -0.3 is 5.11 Å². The van der Waals surface area contributed by atoms with Crippen LogP contribution >= 0.6 is 15.9 Å². The van der Waals surface area contributed by atoms with E-state index >= 15 is 0 Å². The number of benzene rings is 1. The second kappa shape index (κ2) is 6.06. The molecule has 21 heavy (non-hydrogen) atoms. The summed E-state index contributed by atoms with van der Waals surface area (Å²) in [7, 11) is -3.67. The van der Waals surface area contributed by atoms with Gasteiger partial charge in [0.05, 0.1) is 10.5 Å². The summed E-state index contributed by atoms with van der Waals surface area (Å²) < 4.78 is 27.3. The Morgan fingerprint density at radius 1 is 1.24 bits per heavy atom. The molecule has 116 valence electrons. The van der Waals surface area contributed by atoms with E-state index in [9.17, 15) is 13.2 Å². The molecular weight excluding hydrogens is 358 g/mol. The first-order valence-electron chi connectivity index (χ1n) is 6.74. The monoisotopic (exact) mass is 375 g/mol. The lowest BCUT2D eigenvalue weighted by molar-refractivity contribution is 0.0696. The molecule has 1 heterocycles. The minimum Gasteiger partial charge on any atom is -0.478 e. The number of carboxylic acid groups (broad SMARTS) is 1. The van der Waals surface area contributed by atoms with Crippen molar-refractivity contribution in [1.29, 1.82) is 0 Å². The number of sulfonamides is 1. The smallest absolute Gasteiger partial charge is 0.335 e. The molecule has 0 amide bonds. The van der Waals surface area contributed by atoms with E-state index in [-0.39, 0.29) is 10.5 Å². The molecule has 2 rings (SSSR count). The summed E-state index contributed by atoms with van der Waals surface area (Å²) in [5.74, 6) is -0.544. The second-order valence-electron chi connectivity index (χ2n) is 5.75. The summed E-state index contributed by atoms with van der Waals surface area (Å²) >= 11 is 3.18. The van der Waals surface area contributed by atoms with Gasteiger partial charge in [0.15, 0.2) is 0 Å². The summed E-state index contributed by atoms with van der Waals surface area (Å²) in [6, 6.07) is 4.06. The molecule has 1 aliphatic rings. The highest BCUT2D eigenvalue weighted by atomic mass is 79.9. The number of carboxylic acids is 1. The zero-order valence-corrected chi connectivity index (χ0v) is 14.3. The molecule has 2 atom stereocenters. The van der Waals surface area contributed by atoms with Crippen LogP contribution in [0.5, 0.6) is 0 Å². The van der Waals surface area contributed by atoms with Crippen molar-refractivity contribution in [1.82, 2.24) is 4.31 Å². The molecule has 1 aromatic carbocycles. The van der Waals surface area contributed by atoms with Gasteiger partial charge in [0, 0.05) is 17.6 Å². The van der Waals surface area contributed by atoms with Crippen LogP contribution in [0.3, 0.4) is 0 Å². The maximum absolute atomic E-state index is 12.7. The van der Waals surface area contributed by atoms with Crippen molar-refractivity contribution in [2.45, 2.75) is 25.2 Å². The molecule has 0 radical (unpaired) electrons. The molecule has 7 heteroatoms. The Morgan fingerprint density at radius 3 is 2.33 bits per heavy atom. The standard InChI is InChI=1S/C14H18BrNO4S/c1-9-3-10(2)8-16(7-9)21(19,20)13-5-11(14(17)18)4-12(15)6-13/h4-6,9-10H,3,7-8H2,1-2H3,(H,17,18). The van der Waals surface area contributed by atoms with E-state index < -0.39 is 16.0 Å². The van der Waals surface area contributed by atoms with E-state index in [1.54, 1.807) is 0 Å². The van der Waals surface area contributed by atoms with Crippen LogP contribution in [0.2, 0.25) is 0 Å². The molecule has 1 N–H and O–H groups in total. The molecule has 0 bridgehead atoms. The number of aromatic carboxylic acids is 1. The summed E-state index contributed by atoms with van der Waals surface area (Å²) in [5.41, 5.74) is -0.0407. The van der Waals surface area contributed by atoms with Crippen LogP contribution in [-0.2, 0) is 10.0 Å². The van der Waals surface area contributed by atoms with Gasteiger partial charge in [-0.3, -0.25) is 0 Å². The molecule has 2 unspecified atom stereocenters. The van der Waals surface area contributed by atoms with Crippen LogP contribution in [0.4, 0.5) is 0 Å². The third-order valence-corrected chi connectivity index (χ3v) is 5.86. The van der Waals surface area contributed by atoms with Gasteiger partial charge in [-0.05, 0) is 36.5 Å². The van der Waals surface area contributed by atoms with E-state index in [0.717, 1.165) is 6.42 Å². The van der Waals surface area contributed by atoms with E-state index in [4.69, 9.17) is 5.11 Å². The Balaban J connectivity index is 2.42. The minimum atomic E-state index is -3.67. The van der Waals surface area contributed by atoms with Crippen LogP contribution in [0, 0.1) is 11.8 Å². The number of hydrogen-bond donors (Lipinski definition) is 1. The molecule has 1 fully saturated rings. The SMILES string of the molecule is CC1CC(C)CN(S(=O)(=O)c2cc(Br)cc(C(=O)O)c2)C1. The average Bonchev–Trinajstić information content (AvgIpc) is 2.36. The van der Waals surface area contributed by atoms with Crippen LogP contribution in [0.1, 0.15) is 30.6 Å². The highest BCUT2D eigenvalue weighted by molar-refractivity contribution is 9.10. The predicted octanol–water partition coefficient (Wildman–Crippen LogP) is 2.81. The summed E-state index contributed by atoms with van der Waals surface area (Å²) in [6.07, 6.45) is 1.00. The fraction of sp³-hybridized carbons (Fsp3) is 0.500. The topological polar surface area (TPSA) is 74.7 Å². The number of rotatable bonds is 3. The fourth-order valence-corrected chi connectivity index (χ4v) is 5.18. The molecule has 0 aliphatic carbocycles. The first-order valence-corrected chi connectivity index (χ1v) is 8.97. The van der Waals surface area contributed by atoms with E-state index in [0.29, 0.717) is 29.4 Å². The fourth-order valence-electron chi connectivity index (χ4n) is 2.79. The van der Waals surface area contributed by atoms with Crippen LogP contribution in [-0.4, -0.2) is 36.9 Å². The molecule has 1 aliphatic heterocycles. The maximum Gasteiger partial charge on any atom is 0.335 e. The van der Waals surface area contributed by atoms with Crippen molar-refractivity contribution in [3.8, 4) is 0 Å². The molecule has 0 spiro atoms. The number of piperidine rings is 1. The summed E-state index contributed by atoms with van der Waals surface area (Å²) in [6.45, 7) is 5.01. The number of carbonyl (C=O) groups is 1. The number of hydrogen-bond acceptors (Lipinski definition) is 3. The Bertz CT molecular complexity index is 649. The Hall–Kier alpha value is -0.920. The zero-order valence-electron chi connectivity index (χ0n) is 11.9. The van der Waals surface area contributed by atoms with Crippen molar-refractivity contribution in [2.24, 2.45) is 11.8 Å². The lowest BCUT2D eigenvalue weighted by Crippen LogP contribution is -2.42. The van der Waals surface area contributed by atoms with Crippen molar-refractivity contribution in [3.05, 3.63) is 28.2 Å². The Kier molecular flexibility index (Phi) is 4.75. The first kappa shape index (κ1) is 16.5. The van der Waals surface area contributed by atoms with Crippen molar-refractivity contribution in [3.63, 3.8) is 0 Å².